The van der Waals surface area contributed by atoms with Gasteiger partial charge in [0.15, 0.2) is 0 Å². The molecule has 4 amide bonds. The standard InChI is InChI=1S/C21H38N6O8/c1-11(2)9-12(23)18(31)25-13(5-3-4-8-22)19(32)26-14(6-7-17(29)30)20(33)27-15(21(34)35)10-16(24)28/h11-15H,3-10,22-23H2,1-2H3,(H2,24,28)(H,25,31)(H,26,32)(H,27,33)(H,29,30)(H,34,35). The number of nitrogens with two attached hydrogens (primary N) is 3. The number of carboxylic acid groups (broad SMARTS) is 2. The number of unbranched alkanes of at least 4 members (excludes halogenated alkanes) is 1. The highest BCUT2D eigenvalue weighted by molar-refractivity contribution is 5.95. The molecule has 35 heavy (non-hydrogen) atoms. The zero-order valence-corrected chi connectivity index (χ0v) is 20.1. The van der Waals surface area contributed by atoms with Crippen molar-refractivity contribution >= 4 is 35.6 Å². The Hall–Kier alpha value is -3.26. The van der Waals surface area contributed by atoms with Gasteiger partial charge in [-0.15, -0.1) is 0 Å². The monoisotopic (exact) mass is 502 g/mol. The molecule has 0 heterocycles. The smallest absolute Gasteiger partial charge is 0.326 e. The first kappa shape index (κ1) is 31.7. The van der Waals surface area contributed by atoms with Crippen molar-refractivity contribution in [2.24, 2.45) is 23.1 Å². The fourth-order valence-electron chi connectivity index (χ4n) is 3.14. The number of hydrogen-bond acceptors (Lipinski definition) is 8. The molecule has 4 unspecified atom stereocenters. The third-order valence-corrected chi connectivity index (χ3v) is 4.94. The van der Waals surface area contributed by atoms with Gasteiger partial charge in [-0.05, 0) is 44.6 Å². The summed E-state index contributed by atoms with van der Waals surface area (Å²) in [7, 11) is 0. The Morgan fingerprint density at radius 2 is 1.31 bits per heavy atom. The summed E-state index contributed by atoms with van der Waals surface area (Å²) in [6, 6.07) is -5.07. The Balaban J connectivity index is 5.59. The molecule has 0 aliphatic heterocycles. The Bertz CT molecular complexity index is 760. The first-order valence-electron chi connectivity index (χ1n) is 11.4. The first-order chi connectivity index (χ1) is 16.3. The van der Waals surface area contributed by atoms with Crippen molar-refractivity contribution in [2.75, 3.05) is 6.54 Å². The van der Waals surface area contributed by atoms with Gasteiger partial charge < -0.3 is 43.4 Å². The Kier molecular flexibility index (Phi) is 14.9. The highest BCUT2D eigenvalue weighted by atomic mass is 16.4. The lowest BCUT2D eigenvalue weighted by atomic mass is 10.0. The minimum absolute atomic E-state index is 0.131. The van der Waals surface area contributed by atoms with E-state index >= 15 is 0 Å². The van der Waals surface area contributed by atoms with E-state index in [1.165, 1.54) is 0 Å². The molecular weight excluding hydrogens is 464 g/mol. The molecule has 0 fully saturated rings. The SMILES string of the molecule is CC(C)CC(N)C(=O)NC(CCCCN)C(=O)NC(CCC(=O)O)C(=O)NC(CC(N)=O)C(=O)O. The maximum absolute atomic E-state index is 13.0. The topological polar surface area (TPSA) is 257 Å². The van der Waals surface area contributed by atoms with Crippen molar-refractivity contribution in [3.05, 3.63) is 0 Å². The van der Waals surface area contributed by atoms with Gasteiger partial charge in [-0.2, -0.15) is 0 Å². The molecule has 14 heteroatoms. The molecule has 0 aromatic carbocycles. The van der Waals surface area contributed by atoms with Gasteiger partial charge >= 0.3 is 11.9 Å². The van der Waals surface area contributed by atoms with Gasteiger partial charge in [0.05, 0.1) is 12.5 Å². The van der Waals surface area contributed by atoms with Crippen molar-refractivity contribution in [3.63, 3.8) is 0 Å². The highest BCUT2D eigenvalue weighted by Gasteiger charge is 2.31. The second kappa shape index (κ2) is 16.4. The van der Waals surface area contributed by atoms with Gasteiger partial charge in [-0.1, -0.05) is 13.8 Å². The number of carbonyl (C=O) groups excluding carboxylic acids is 4. The molecule has 0 saturated carbocycles. The predicted molar refractivity (Wildman–Crippen MR) is 124 cm³/mol. The van der Waals surface area contributed by atoms with Crippen LogP contribution in [-0.2, 0) is 28.8 Å². The molecule has 0 aliphatic rings. The van der Waals surface area contributed by atoms with E-state index in [4.69, 9.17) is 22.3 Å². The molecule has 14 nitrogen and oxygen atoms in total. The molecular formula is C21H38N6O8. The average molecular weight is 503 g/mol. The minimum Gasteiger partial charge on any atom is -0.481 e. The minimum atomic E-state index is -1.67. The summed E-state index contributed by atoms with van der Waals surface area (Å²) in [5.41, 5.74) is 16.4. The Morgan fingerprint density at radius 1 is 0.800 bits per heavy atom. The number of carboxylic acids is 2. The van der Waals surface area contributed by atoms with E-state index in [0.717, 1.165) is 0 Å². The van der Waals surface area contributed by atoms with Crippen LogP contribution in [0.15, 0.2) is 0 Å². The highest BCUT2D eigenvalue weighted by Crippen LogP contribution is 2.07. The lowest BCUT2D eigenvalue weighted by Gasteiger charge is -2.25. The maximum atomic E-state index is 13.0. The number of amides is 4. The van der Waals surface area contributed by atoms with E-state index in [0.29, 0.717) is 25.8 Å². The van der Waals surface area contributed by atoms with Crippen LogP contribution in [0.25, 0.3) is 0 Å². The maximum Gasteiger partial charge on any atom is 0.326 e. The van der Waals surface area contributed by atoms with Crippen LogP contribution in [0.1, 0.15) is 58.8 Å². The van der Waals surface area contributed by atoms with E-state index in [9.17, 15) is 33.9 Å². The summed E-state index contributed by atoms with van der Waals surface area (Å²) in [4.78, 5) is 71.5. The summed E-state index contributed by atoms with van der Waals surface area (Å²) in [5, 5.41) is 25.2. The van der Waals surface area contributed by atoms with E-state index in [1.54, 1.807) is 0 Å². The van der Waals surface area contributed by atoms with Crippen LogP contribution in [0.3, 0.4) is 0 Å². The average Bonchev–Trinajstić information content (AvgIpc) is 2.74. The van der Waals surface area contributed by atoms with Crippen LogP contribution in [0.2, 0.25) is 0 Å². The summed E-state index contributed by atoms with van der Waals surface area (Å²) in [5.74, 6) is -6.00. The van der Waals surface area contributed by atoms with Crippen LogP contribution in [0, 0.1) is 5.92 Å². The van der Waals surface area contributed by atoms with E-state index < -0.39 is 72.6 Å². The van der Waals surface area contributed by atoms with Crippen LogP contribution >= 0.6 is 0 Å². The Labute approximate surface area is 203 Å². The Morgan fingerprint density at radius 3 is 1.77 bits per heavy atom. The molecule has 4 atom stereocenters. The zero-order chi connectivity index (χ0) is 27.1. The largest absolute Gasteiger partial charge is 0.481 e. The summed E-state index contributed by atoms with van der Waals surface area (Å²) in [6.45, 7) is 4.12. The molecule has 11 N–H and O–H groups in total. The molecule has 0 bridgehead atoms. The van der Waals surface area contributed by atoms with Crippen molar-refractivity contribution in [2.45, 2.75) is 83.0 Å². The lowest BCUT2D eigenvalue weighted by Crippen LogP contribution is -2.57. The van der Waals surface area contributed by atoms with Crippen molar-refractivity contribution in [1.82, 2.24) is 16.0 Å². The van der Waals surface area contributed by atoms with Crippen LogP contribution in [-0.4, -0.2) is 76.5 Å². The van der Waals surface area contributed by atoms with Gasteiger partial charge in [0.2, 0.25) is 23.6 Å². The van der Waals surface area contributed by atoms with E-state index in [2.05, 4.69) is 16.0 Å². The second-order valence-electron chi connectivity index (χ2n) is 8.65. The zero-order valence-electron chi connectivity index (χ0n) is 20.1. The third kappa shape index (κ3) is 13.9. The number of rotatable bonds is 18. The van der Waals surface area contributed by atoms with Crippen molar-refractivity contribution in [1.29, 1.82) is 0 Å². The molecule has 0 rings (SSSR count). The predicted octanol–water partition coefficient (Wildman–Crippen LogP) is -2.23. The molecule has 0 spiro atoms. The van der Waals surface area contributed by atoms with Gasteiger partial charge in [-0.3, -0.25) is 24.0 Å². The molecule has 200 valence electrons. The number of hydrogen-bond donors (Lipinski definition) is 8. The summed E-state index contributed by atoms with van der Waals surface area (Å²) >= 11 is 0. The van der Waals surface area contributed by atoms with Crippen molar-refractivity contribution in [3.8, 4) is 0 Å². The lowest BCUT2D eigenvalue weighted by molar-refractivity contribution is -0.144. The number of carbonyl (C=O) groups is 6. The normalized spacial score (nSPS) is 14.3. The van der Waals surface area contributed by atoms with Crippen LogP contribution in [0.5, 0.6) is 0 Å². The number of primary amides is 1. The number of nitrogens with one attached hydrogen (secondary N) is 3. The summed E-state index contributed by atoms with van der Waals surface area (Å²) in [6.07, 6.45) is 0.000642. The third-order valence-electron chi connectivity index (χ3n) is 4.94. The second-order valence-corrected chi connectivity index (χ2v) is 8.65. The van der Waals surface area contributed by atoms with Gasteiger partial charge in [0, 0.05) is 6.42 Å². The molecule has 0 aromatic rings. The van der Waals surface area contributed by atoms with Crippen LogP contribution in [0.4, 0.5) is 0 Å². The first-order valence-corrected chi connectivity index (χ1v) is 11.4. The molecule has 0 aromatic heterocycles. The number of aliphatic carboxylic acids is 2. The van der Waals surface area contributed by atoms with Gasteiger partial charge in [0.1, 0.15) is 18.1 Å². The van der Waals surface area contributed by atoms with Crippen LogP contribution < -0.4 is 33.2 Å². The molecule has 0 saturated heterocycles. The fraction of sp³-hybridized carbons (Fsp3) is 0.714. The van der Waals surface area contributed by atoms with Gasteiger partial charge in [0.25, 0.3) is 0 Å². The molecule has 0 radical (unpaired) electrons. The van der Waals surface area contributed by atoms with Gasteiger partial charge in [-0.25, -0.2) is 4.79 Å². The van der Waals surface area contributed by atoms with E-state index in [-0.39, 0.29) is 18.8 Å². The quantitative estimate of drug-likeness (QED) is 0.0935. The van der Waals surface area contributed by atoms with Crippen molar-refractivity contribution < 1.29 is 39.0 Å². The van der Waals surface area contributed by atoms with E-state index in [1.807, 2.05) is 13.8 Å². The summed E-state index contributed by atoms with van der Waals surface area (Å²) < 4.78 is 0. The fourth-order valence-corrected chi connectivity index (χ4v) is 3.14. The molecule has 0 aliphatic carbocycles.